The van der Waals surface area contributed by atoms with Crippen molar-refractivity contribution in [1.82, 2.24) is 5.32 Å². The molecule has 0 unspecified atom stereocenters. The third kappa shape index (κ3) is 3.04. The summed E-state index contributed by atoms with van der Waals surface area (Å²) in [5.41, 5.74) is 0.535. The average Bonchev–Trinajstić information content (AvgIpc) is 3.05. The van der Waals surface area contributed by atoms with Crippen molar-refractivity contribution in [2.75, 3.05) is 13.2 Å². The lowest BCUT2D eigenvalue weighted by atomic mass is 10.1. The van der Waals surface area contributed by atoms with Crippen molar-refractivity contribution in [3.8, 4) is 0 Å². The van der Waals surface area contributed by atoms with Gasteiger partial charge in [0.1, 0.15) is 12.4 Å². The Labute approximate surface area is 118 Å². The van der Waals surface area contributed by atoms with Crippen molar-refractivity contribution in [3.05, 3.63) is 24.2 Å². The Kier molecular flexibility index (Phi) is 4.08. The van der Waals surface area contributed by atoms with Crippen LogP contribution < -0.4 is 5.32 Å². The zero-order chi connectivity index (χ0) is 13.8. The first kappa shape index (κ1) is 13.6. The molecule has 2 heterocycles. The molecular weight excluding hydrogens is 258 g/mol. The number of hydrogen-bond donors (Lipinski definition) is 1. The molecule has 1 atom stereocenters. The lowest BCUT2D eigenvalue weighted by Crippen LogP contribution is -2.35. The largest absolute Gasteiger partial charge is 0.472 e. The fourth-order valence-corrected chi connectivity index (χ4v) is 2.95. The Morgan fingerprint density at radius 2 is 2.10 bits per heavy atom. The van der Waals surface area contributed by atoms with E-state index in [1.54, 1.807) is 6.07 Å². The molecule has 1 N–H and O–H groups in total. The molecule has 1 saturated carbocycles. The first-order valence-electron chi connectivity index (χ1n) is 7.40. The van der Waals surface area contributed by atoms with E-state index in [4.69, 9.17) is 13.9 Å². The van der Waals surface area contributed by atoms with Crippen LogP contribution in [0.1, 0.15) is 48.9 Å². The molecule has 1 aliphatic heterocycles. The van der Waals surface area contributed by atoms with Crippen LogP contribution in [0.25, 0.3) is 0 Å². The summed E-state index contributed by atoms with van der Waals surface area (Å²) in [4.78, 5) is 11.8. The van der Waals surface area contributed by atoms with Gasteiger partial charge in [0.2, 0.25) is 0 Å². The maximum Gasteiger partial charge on any atom is 0.254 e. The fraction of sp³-hybridized carbons (Fsp3) is 0.667. The van der Waals surface area contributed by atoms with Crippen LogP contribution in [0, 0.1) is 0 Å². The van der Waals surface area contributed by atoms with Crippen molar-refractivity contribution in [2.24, 2.45) is 0 Å². The van der Waals surface area contributed by atoms with E-state index in [1.165, 1.54) is 25.4 Å². The van der Waals surface area contributed by atoms with Crippen LogP contribution in [-0.4, -0.2) is 30.9 Å². The monoisotopic (exact) mass is 279 g/mol. The van der Waals surface area contributed by atoms with Gasteiger partial charge in [0.05, 0.1) is 18.4 Å². The highest BCUT2D eigenvalue weighted by atomic mass is 16.7. The molecular formula is C15H21NO4. The van der Waals surface area contributed by atoms with Gasteiger partial charge in [0.25, 0.3) is 5.91 Å². The van der Waals surface area contributed by atoms with Crippen LogP contribution in [-0.2, 0) is 9.47 Å². The van der Waals surface area contributed by atoms with Crippen LogP contribution in [0.4, 0.5) is 0 Å². The predicted octanol–water partition coefficient (Wildman–Crippen LogP) is 2.48. The summed E-state index contributed by atoms with van der Waals surface area (Å²) in [5, 5.41) is 2.86. The number of nitrogens with one attached hydrogen (secondary N) is 1. The summed E-state index contributed by atoms with van der Waals surface area (Å²) >= 11 is 0. The number of carbonyl (C=O) groups is 1. The maximum atomic E-state index is 11.8. The molecule has 110 valence electrons. The highest BCUT2D eigenvalue weighted by Gasteiger charge is 2.41. The van der Waals surface area contributed by atoms with Crippen LogP contribution in [0.3, 0.4) is 0 Å². The molecule has 3 rings (SSSR count). The van der Waals surface area contributed by atoms with Gasteiger partial charge in [-0.05, 0) is 18.9 Å². The maximum absolute atomic E-state index is 11.8. The second-order valence-corrected chi connectivity index (χ2v) is 5.60. The summed E-state index contributed by atoms with van der Waals surface area (Å²) in [5.74, 6) is -0.522. The minimum atomic E-state index is -0.387. The topological polar surface area (TPSA) is 60.7 Å². The van der Waals surface area contributed by atoms with Gasteiger partial charge in [-0.1, -0.05) is 12.8 Å². The third-order valence-corrected chi connectivity index (χ3v) is 4.05. The van der Waals surface area contributed by atoms with Crippen molar-refractivity contribution in [3.63, 3.8) is 0 Å². The molecule has 1 amide bonds. The predicted molar refractivity (Wildman–Crippen MR) is 72.3 cm³/mol. The first-order chi connectivity index (χ1) is 9.77. The van der Waals surface area contributed by atoms with Crippen LogP contribution in [0.2, 0.25) is 0 Å². The van der Waals surface area contributed by atoms with E-state index in [2.05, 4.69) is 5.32 Å². The fourth-order valence-electron chi connectivity index (χ4n) is 2.95. The van der Waals surface area contributed by atoms with Crippen LogP contribution >= 0.6 is 0 Å². The van der Waals surface area contributed by atoms with Crippen molar-refractivity contribution in [2.45, 2.75) is 50.4 Å². The molecule has 0 radical (unpaired) electrons. The van der Waals surface area contributed by atoms with Crippen molar-refractivity contribution < 1.29 is 18.7 Å². The van der Waals surface area contributed by atoms with E-state index in [1.807, 2.05) is 0 Å². The van der Waals surface area contributed by atoms with E-state index in [0.29, 0.717) is 18.7 Å². The van der Waals surface area contributed by atoms with Gasteiger partial charge in [-0.2, -0.15) is 0 Å². The van der Waals surface area contributed by atoms with Gasteiger partial charge >= 0.3 is 0 Å². The molecule has 2 fully saturated rings. The van der Waals surface area contributed by atoms with E-state index in [0.717, 1.165) is 25.7 Å². The van der Waals surface area contributed by atoms with Crippen LogP contribution in [0.15, 0.2) is 23.0 Å². The van der Waals surface area contributed by atoms with E-state index in [-0.39, 0.29) is 17.8 Å². The average molecular weight is 279 g/mol. The highest BCUT2D eigenvalue weighted by Crippen LogP contribution is 2.36. The highest BCUT2D eigenvalue weighted by molar-refractivity contribution is 5.93. The second-order valence-electron chi connectivity index (χ2n) is 5.60. The summed E-state index contributed by atoms with van der Waals surface area (Å²) < 4.78 is 16.9. The quantitative estimate of drug-likeness (QED) is 0.923. The summed E-state index contributed by atoms with van der Waals surface area (Å²) in [7, 11) is 0. The summed E-state index contributed by atoms with van der Waals surface area (Å²) in [6.07, 6.45) is 9.66. The second kappa shape index (κ2) is 5.97. The van der Waals surface area contributed by atoms with Gasteiger partial charge in [0.15, 0.2) is 5.79 Å². The lowest BCUT2D eigenvalue weighted by molar-refractivity contribution is -0.175. The Balaban J connectivity index is 1.49. The van der Waals surface area contributed by atoms with Gasteiger partial charge < -0.3 is 19.2 Å². The number of amides is 1. The molecule has 0 bridgehead atoms. The minimum Gasteiger partial charge on any atom is -0.472 e. The van der Waals surface area contributed by atoms with E-state index in [9.17, 15) is 4.79 Å². The molecule has 1 saturated heterocycles. The normalized spacial score (nSPS) is 25.5. The van der Waals surface area contributed by atoms with Crippen molar-refractivity contribution >= 4 is 5.91 Å². The third-order valence-electron chi connectivity index (χ3n) is 4.05. The zero-order valence-electron chi connectivity index (χ0n) is 11.6. The van der Waals surface area contributed by atoms with Gasteiger partial charge in [0, 0.05) is 19.4 Å². The van der Waals surface area contributed by atoms with Crippen molar-refractivity contribution in [1.29, 1.82) is 0 Å². The molecule has 1 aromatic heterocycles. The minimum absolute atomic E-state index is 0.0519. The Morgan fingerprint density at radius 1 is 1.30 bits per heavy atom. The smallest absolute Gasteiger partial charge is 0.254 e. The number of furan rings is 1. The van der Waals surface area contributed by atoms with Gasteiger partial charge in [-0.3, -0.25) is 4.79 Å². The molecule has 20 heavy (non-hydrogen) atoms. The van der Waals surface area contributed by atoms with E-state index >= 15 is 0 Å². The zero-order valence-corrected chi connectivity index (χ0v) is 11.6. The number of rotatable bonds is 3. The Bertz CT molecular complexity index is 435. The first-order valence-corrected chi connectivity index (χ1v) is 7.40. The number of ether oxygens (including phenoxy) is 2. The molecule has 0 aromatic carbocycles. The molecule has 5 nitrogen and oxygen atoms in total. The van der Waals surface area contributed by atoms with Gasteiger partial charge in [-0.15, -0.1) is 0 Å². The lowest BCUT2D eigenvalue weighted by Gasteiger charge is -2.26. The van der Waals surface area contributed by atoms with Gasteiger partial charge in [-0.25, -0.2) is 0 Å². The van der Waals surface area contributed by atoms with E-state index < -0.39 is 0 Å². The summed E-state index contributed by atoms with van der Waals surface area (Å²) in [6, 6.07) is 1.65. The molecule has 1 aromatic rings. The van der Waals surface area contributed by atoms with Crippen LogP contribution in [0.5, 0.6) is 0 Å². The SMILES string of the molecule is O=C(NC[C@@H]1COC2(CCCCCC2)O1)c1ccoc1. The summed E-state index contributed by atoms with van der Waals surface area (Å²) in [6.45, 7) is 1.04. The molecule has 5 heteroatoms. The molecule has 1 aliphatic carbocycles. The number of carbonyl (C=O) groups excluding carboxylic acids is 1. The molecule has 2 aliphatic rings. The Morgan fingerprint density at radius 3 is 2.80 bits per heavy atom. The standard InChI is InChI=1S/C15H21NO4/c17-14(12-5-8-18-10-12)16-9-13-11-19-15(20-13)6-3-1-2-4-7-15/h5,8,10,13H,1-4,6-7,9,11H2,(H,16,17)/t13-/m1/s1. The molecule has 1 spiro atoms. The number of hydrogen-bond acceptors (Lipinski definition) is 4. The Hall–Kier alpha value is -1.33.